The monoisotopic (exact) mass is 282 g/mol. The summed E-state index contributed by atoms with van der Waals surface area (Å²) in [6.07, 6.45) is 2.42. The van der Waals surface area contributed by atoms with Crippen molar-refractivity contribution in [3.63, 3.8) is 0 Å². The van der Waals surface area contributed by atoms with E-state index in [9.17, 15) is 0 Å². The normalized spacial score (nSPS) is 22.4. The smallest absolute Gasteiger partial charge is 0.0700 e. The molecular weight excluding hydrogens is 260 g/mol. The molecule has 0 spiro atoms. The van der Waals surface area contributed by atoms with E-state index < -0.39 is 0 Å². The molecule has 3 nitrogen and oxygen atoms in total. The van der Waals surface area contributed by atoms with E-state index in [1.807, 2.05) is 24.3 Å². The molecule has 2 N–H and O–H groups in total. The molecule has 0 bridgehead atoms. The van der Waals surface area contributed by atoms with Crippen LogP contribution in [0.5, 0.6) is 0 Å². The lowest BCUT2D eigenvalue weighted by Gasteiger charge is -2.33. The number of halogens is 1. The van der Waals surface area contributed by atoms with E-state index in [4.69, 9.17) is 22.1 Å². The first kappa shape index (κ1) is 14.8. The highest BCUT2D eigenvalue weighted by Gasteiger charge is 2.19. The highest BCUT2D eigenvalue weighted by Crippen LogP contribution is 2.19. The zero-order valence-corrected chi connectivity index (χ0v) is 12.3. The van der Waals surface area contributed by atoms with Gasteiger partial charge in [-0.2, -0.15) is 0 Å². The van der Waals surface area contributed by atoms with Crippen molar-refractivity contribution in [2.75, 3.05) is 26.2 Å². The van der Waals surface area contributed by atoms with Crippen LogP contribution in [-0.2, 0) is 4.74 Å². The van der Waals surface area contributed by atoms with Crippen molar-refractivity contribution in [3.8, 4) is 0 Å². The molecular formula is C15H23ClN2O. The zero-order valence-electron chi connectivity index (χ0n) is 11.5. The third-order valence-electron chi connectivity index (χ3n) is 3.71. The zero-order chi connectivity index (χ0) is 13.7. The Morgan fingerprint density at radius 3 is 3.11 bits per heavy atom. The first-order chi connectivity index (χ1) is 9.19. The number of rotatable bonds is 5. The second-order valence-corrected chi connectivity index (χ2v) is 5.59. The number of morpholine rings is 1. The first-order valence-electron chi connectivity index (χ1n) is 7.04. The highest BCUT2D eigenvalue weighted by molar-refractivity contribution is 6.30. The lowest BCUT2D eigenvalue weighted by Crippen LogP contribution is -2.43. The highest BCUT2D eigenvalue weighted by atomic mass is 35.5. The van der Waals surface area contributed by atoms with Gasteiger partial charge in [0.1, 0.15) is 0 Å². The molecule has 0 saturated carbocycles. The van der Waals surface area contributed by atoms with E-state index in [1.54, 1.807) is 0 Å². The van der Waals surface area contributed by atoms with Gasteiger partial charge in [0.25, 0.3) is 0 Å². The molecule has 0 amide bonds. The molecule has 1 aromatic carbocycles. The maximum Gasteiger partial charge on any atom is 0.0700 e. The molecule has 0 aromatic heterocycles. The molecule has 2 unspecified atom stereocenters. The van der Waals surface area contributed by atoms with Gasteiger partial charge >= 0.3 is 0 Å². The fourth-order valence-corrected chi connectivity index (χ4v) is 2.65. The summed E-state index contributed by atoms with van der Waals surface area (Å²) in [4.78, 5) is 2.45. The summed E-state index contributed by atoms with van der Waals surface area (Å²) in [7, 11) is 0. The summed E-state index contributed by atoms with van der Waals surface area (Å²) < 4.78 is 5.67. The molecule has 0 aliphatic carbocycles. The van der Waals surface area contributed by atoms with Gasteiger partial charge in [-0.1, -0.05) is 30.7 Å². The second-order valence-electron chi connectivity index (χ2n) is 5.15. The van der Waals surface area contributed by atoms with E-state index in [2.05, 4.69) is 11.8 Å². The number of hydrogen-bond donors (Lipinski definition) is 1. The van der Waals surface area contributed by atoms with Gasteiger partial charge in [-0.05, 0) is 30.5 Å². The van der Waals surface area contributed by atoms with Crippen LogP contribution in [0.25, 0.3) is 0 Å². The fourth-order valence-electron chi connectivity index (χ4n) is 2.46. The summed E-state index contributed by atoms with van der Waals surface area (Å²) >= 11 is 5.99. The molecule has 1 heterocycles. The molecule has 1 aliphatic rings. The van der Waals surface area contributed by atoms with Gasteiger partial charge in [-0.25, -0.2) is 0 Å². The summed E-state index contributed by atoms with van der Waals surface area (Å²) in [6, 6.07) is 7.90. The van der Waals surface area contributed by atoms with Crippen LogP contribution in [0.2, 0.25) is 5.02 Å². The summed E-state index contributed by atoms with van der Waals surface area (Å²) in [5.74, 6) is 0. The van der Waals surface area contributed by atoms with Crippen LogP contribution < -0.4 is 5.73 Å². The van der Waals surface area contributed by atoms with Crippen molar-refractivity contribution in [2.24, 2.45) is 5.73 Å². The fraction of sp³-hybridized carbons (Fsp3) is 0.600. The van der Waals surface area contributed by atoms with Gasteiger partial charge in [0.15, 0.2) is 0 Å². The van der Waals surface area contributed by atoms with Crippen LogP contribution in [0.3, 0.4) is 0 Å². The molecule has 1 saturated heterocycles. The first-order valence-corrected chi connectivity index (χ1v) is 7.42. The minimum absolute atomic E-state index is 0.0571. The topological polar surface area (TPSA) is 38.5 Å². The van der Waals surface area contributed by atoms with Gasteiger partial charge in [0.05, 0.1) is 12.7 Å². The molecule has 2 rings (SSSR count). The van der Waals surface area contributed by atoms with Crippen LogP contribution in [0, 0.1) is 0 Å². The third kappa shape index (κ3) is 4.46. The van der Waals surface area contributed by atoms with E-state index in [0.717, 1.165) is 49.7 Å². The average Bonchev–Trinajstić information content (AvgIpc) is 2.45. The number of nitrogens with zero attached hydrogens (tertiary/aromatic N) is 1. The van der Waals surface area contributed by atoms with E-state index in [1.165, 1.54) is 0 Å². The minimum Gasteiger partial charge on any atom is -0.376 e. The van der Waals surface area contributed by atoms with Gasteiger partial charge in [0, 0.05) is 30.7 Å². The predicted molar refractivity (Wildman–Crippen MR) is 79.5 cm³/mol. The Hall–Kier alpha value is -0.610. The van der Waals surface area contributed by atoms with Crippen molar-refractivity contribution >= 4 is 11.6 Å². The lowest BCUT2D eigenvalue weighted by atomic mass is 10.0. The largest absolute Gasteiger partial charge is 0.376 e. The Balaban J connectivity index is 1.81. The summed E-state index contributed by atoms with van der Waals surface area (Å²) in [5, 5.41) is 0.755. The Kier molecular flexibility index (Phi) is 5.64. The van der Waals surface area contributed by atoms with Crippen LogP contribution in [0.15, 0.2) is 24.3 Å². The Morgan fingerprint density at radius 2 is 2.37 bits per heavy atom. The predicted octanol–water partition coefficient (Wildman–Crippen LogP) is 2.84. The van der Waals surface area contributed by atoms with Gasteiger partial charge < -0.3 is 10.5 Å². The minimum atomic E-state index is 0.0571. The summed E-state index contributed by atoms with van der Waals surface area (Å²) in [5.41, 5.74) is 7.35. The molecule has 19 heavy (non-hydrogen) atoms. The molecule has 2 atom stereocenters. The molecule has 4 heteroatoms. The Morgan fingerprint density at radius 1 is 1.53 bits per heavy atom. The van der Waals surface area contributed by atoms with Crippen molar-refractivity contribution in [2.45, 2.75) is 31.9 Å². The third-order valence-corrected chi connectivity index (χ3v) is 3.95. The van der Waals surface area contributed by atoms with Gasteiger partial charge in [-0.15, -0.1) is 0 Å². The summed E-state index contributed by atoms with van der Waals surface area (Å²) in [6.45, 7) is 6.07. The quantitative estimate of drug-likeness (QED) is 0.902. The molecule has 106 valence electrons. The van der Waals surface area contributed by atoms with Crippen LogP contribution >= 0.6 is 11.6 Å². The van der Waals surface area contributed by atoms with Crippen molar-refractivity contribution < 1.29 is 4.74 Å². The average molecular weight is 283 g/mol. The van der Waals surface area contributed by atoms with Crippen molar-refractivity contribution in [1.82, 2.24) is 4.90 Å². The number of benzene rings is 1. The SMILES string of the molecule is CCC1CN(CCC(N)c2cccc(Cl)c2)CCO1. The van der Waals surface area contributed by atoms with Crippen LogP contribution in [0.1, 0.15) is 31.4 Å². The maximum absolute atomic E-state index is 6.23. The number of ether oxygens (including phenoxy) is 1. The van der Waals surface area contributed by atoms with Crippen molar-refractivity contribution in [3.05, 3.63) is 34.9 Å². The number of hydrogen-bond acceptors (Lipinski definition) is 3. The Labute approximate surface area is 120 Å². The standard InChI is InChI=1S/C15H23ClN2O/c1-2-14-11-18(8-9-19-14)7-6-15(17)12-4-3-5-13(16)10-12/h3-5,10,14-15H,2,6-9,11,17H2,1H3. The van der Waals surface area contributed by atoms with Gasteiger partial charge in [-0.3, -0.25) is 4.90 Å². The van der Waals surface area contributed by atoms with Crippen LogP contribution in [0.4, 0.5) is 0 Å². The van der Waals surface area contributed by atoms with E-state index in [-0.39, 0.29) is 6.04 Å². The Bertz CT molecular complexity index is 399. The maximum atomic E-state index is 6.23. The van der Waals surface area contributed by atoms with E-state index >= 15 is 0 Å². The van der Waals surface area contributed by atoms with Gasteiger partial charge in [0.2, 0.25) is 0 Å². The molecule has 1 aromatic rings. The van der Waals surface area contributed by atoms with E-state index in [0.29, 0.717) is 6.10 Å². The molecule has 1 fully saturated rings. The second kappa shape index (κ2) is 7.25. The van der Waals surface area contributed by atoms with Crippen LogP contribution in [-0.4, -0.2) is 37.2 Å². The molecule has 0 radical (unpaired) electrons. The number of nitrogens with two attached hydrogens (primary N) is 1. The van der Waals surface area contributed by atoms with Crippen molar-refractivity contribution in [1.29, 1.82) is 0 Å². The lowest BCUT2D eigenvalue weighted by molar-refractivity contribution is -0.0302. The molecule has 1 aliphatic heterocycles.